The van der Waals surface area contributed by atoms with Crippen molar-refractivity contribution in [2.24, 2.45) is 0 Å². The monoisotopic (exact) mass is 238 g/mol. The molecule has 16 heavy (non-hydrogen) atoms. The van der Waals surface area contributed by atoms with E-state index < -0.39 is 7.82 Å². The molecule has 0 fully saturated rings. The Morgan fingerprint density at radius 2 is 1.56 bits per heavy atom. The average molecular weight is 238 g/mol. The Kier molecular flexibility index (Phi) is 5.32. The van der Waals surface area contributed by atoms with Gasteiger partial charge in [0.05, 0.1) is 0 Å². The number of hydrogen-bond donors (Lipinski definition) is 2. The van der Waals surface area contributed by atoms with Crippen LogP contribution in [0.15, 0.2) is 24.3 Å². The summed E-state index contributed by atoms with van der Waals surface area (Å²) in [6.45, 7) is 6.18. The van der Waals surface area contributed by atoms with Crippen molar-refractivity contribution in [3.8, 4) is 5.75 Å². The van der Waals surface area contributed by atoms with Gasteiger partial charge in [-0.1, -0.05) is 32.9 Å². The van der Waals surface area contributed by atoms with Crippen molar-refractivity contribution in [3.63, 3.8) is 0 Å². The van der Waals surface area contributed by atoms with Crippen LogP contribution in [0.2, 0.25) is 0 Å². The Morgan fingerprint density at radius 1 is 1.12 bits per heavy atom. The molecular formula is C10H16LiO4P. The predicted molar refractivity (Wildman–Crippen MR) is 65.0 cm³/mol. The van der Waals surface area contributed by atoms with Gasteiger partial charge in [0.25, 0.3) is 0 Å². The Balaban J connectivity index is 0.00000225. The summed E-state index contributed by atoms with van der Waals surface area (Å²) in [5.74, 6) is 0.177. The molecule has 0 heterocycles. The van der Waals surface area contributed by atoms with Gasteiger partial charge in [-0.3, -0.25) is 9.79 Å². The van der Waals surface area contributed by atoms with Gasteiger partial charge in [0.2, 0.25) is 0 Å². The maximum atomic E-state index is 10.6. The van der Waals surface area contributed by atoms with Crippen molar-refractivity contribution in [2.75, 3.05) is 0 Å². The minimum atomic E-state index is -4.44. The van der Waals surface area contributed by atoms with Gasteiger partial charge in [-0.25, -0.2) is 4.57 Å². The standard InChI is InChI=1S/C10H15O4P.Li.H/c1-10(2,3)8-4-6-9(7-5-8)14-15(11,12)13;;/h4-7H,1-3H3,(H2,11,12,13);;. The summed E-state index contributed by atoms with van der Waals surface area (Å²) in [7, 11) is -4.44. The maximum absolute atomic E-state index is 10.6. The van der Waals surface area contributed by atoms with Crippen LogP contribution in [0.1, 0.15) is 26.3 Å². The van der Waals surface area contributed by atoms with Crippen LogP contribution in [0.4, 0.5) is 0 Å². The molecule has 0 atom stereocenters. The average Bonchev–Trinajstić information content (AvgIpc) is 2.00. The van der Waals surface area contributed by atoms with Crippen LogP contribution in [0.3, 0.4) is 0 Å². The van der Waals surface area contributed by atoms with Crippen molar-refractivity contribution in [1.82, 2.24) is 0 Å². The molecule has 0 aliphatic rings. The molecule has 0 aliphatic carbocycles. The van der Waals surface area contributed by atoms with Gasteiger partial charge in [-0.15, -0.1) is 0 Å². The van der Waals surface area contributed by atoms with Gasteiger partial charge in [0, 0.05) is 0 Å². The first kappa shape index (κ1) is 15.8. The van der Waals surface area contributed by atoms with E-state index in [1.54, 1.807) is 24.3 Å². The molecule has 0 aromatic heterocycles. The normalized spacial score (nSPS) is 11.8. The molecule has 0 aliphatic heterocycles. The molecule has 1 rings (SSSR count). The zero-order valence-electron chi connectivity index (χ0n) is 8.97. The van der Waals surface area contributed by atoms with E-state index in [4.69, 9.17) is 9.79 Å². The molecule has 86 valence electrons. The summed E-state index contributed by atoms with van der Waals surface area (Å²) in [5, 5.41) is 0. The Bertz CT molecular complexity index is 377. The molecule has 1 aromatic rings. The second-order valence-electron chi connectivity index (χ2n) is 4.36. The number of hydrogen-bond acceptors (Lipinski definition) is 2. The molecule has 2 N–H and O–H groups in total. The van der Waals surface area contributed by atoms with Crippen molar-refractivity contribution in [3.05, 3.63) is 29.8 Å². The number of phosphoric ester groups is 1. The van der Waals surface area contributed by atoms with Gasteiger partial charge in [-0.05, 0) is 23.1 Å². The van der Waals surface area contributed by atoms with Crippen molar-refractivity contribution >= 4 is 26.7 Å². The van der Waals surface area contributed by atoms with E-state index in [-0.39, 0.29) is 30.0 Å². The second kappa shape index (κ2) is 5.40. The molecule has 0 spiro atoms. The van der Waals surface area contributed by atoms with Crippen LogP contribution < -0.4 is 4.52 Å². The SMILES string of the molecule is CC(C)(C)c1ccc(OP(=O)(O)O)cc1.[LiH]. The molecule has 4 nitrogen and oxygen atoms in total. The van der Waals surface area contributed by atoms with Gasteiger partial charge < -0.3 is 4.52 Å². The fraction of sp³-hybridized carbons (Fsp3) is 0.400. The first-order chi connectivity index (χ1) is 6.68. The quantitative estimate of drug-likeness (QED) is 0.609. The number of benzene rings is 1. The topological polar surface area (TPSA) is 66.8 Å². The van der Waals surface area contributed by atoms with Crippen molar-refractivity contribution < 1.29 is 18.9 Å². The molecule has 1 aromatic carbocycles. The molecule has 0 amide bonds. The van der Waals surface area contributed by atoms with E-state index in [1.165, 1.54) is 0 Å². The third kappa shape index (κ3) is 5.20. The number of rotatable bonds is 2. The van der Waals surface area contributed by atoms with Gasteiger partial charge in [-0.2, -0.15) is 0 Å². The minimum absolute atomic E-state index is 0. The third-order valence-electron chi connectivity index (χ3n) is 1.94. The Labute approximate surface area is 107 Å². The summed E-state index contributed by atoms with van der Waals surface area (Å²) in [4.78, 5) is 17.2. The summed E-state index contributed by atoms with van der Waals surface area (Å²) in [6, 6.07) is 6.70. The molecule has 0 saturated carbocycles. The summed E-state index contributed by atoms with van der Waals surface area (Å²) < 4.78 is 15.0. The second-order valence-corrected chi connectivity index (χ2v) is 5.52. The van der Waals surface area contributed by atoms with E-state index in [2.05, 4.69) is 25.3 Å². The van der Waals surface area contributed by atoms with Gasteiger partial charge in [0.1, 0.15) is 5.75 Å². The molecule has 0 saturated heterocycles. The van der Waals surface area contributed by atoms with Crippen LogP contribution in [-0.2, 0) is 9.98 Å². The third-order valence-corrected chi connectivity index (χ3v) is 2.39. The van der Waals surface area contributed by atoms with E-state index >= 15 is 0 Å². The summed E-state index contributed by atoms with van der Waals surface area (Å²) >= 11 is 0. The molecule has 6 heteroatoms. The van der Waals surface area contributed by atoms with Crippen LogP contribution in [0.25, 0.3) is 0 Å². The predicted octanol–water partition coefficient (Wildman–Crippen LogP) is 1.81. The molecule has 0 bridgehead atoms. The van der Waals surface area contributed by atoms with Gasteiger partial charge >= 0.3 is 26.7 Å². The van der Waals surface area contributed by atoms with Crippen LogP contribution in [0.5, 0.6) is 5.75 Å². The van der Waals surface area contributed by atoms with Crippen molar-refractivity contribution in [2.45, 2.75) is 26.2 Å². The molecular weight excluding hydrogens is 222 g/mol. The summed E-state index contributed by atoms with van der Waals surface area (Å²) in [6.07, 6.45) is 0. The van der Waals surface area contributed by atoms with E-state index in [1.807, 2.05) is 0 Å². The van der Waals surface area contributed by atoms with Gasteiger partial charge in [0.15, 0.2) is 0 Å². The molecule has 0 unspecified atom stereocenters. The Morgan fingerprint density at radius 3 is 1.88 bits per heavy atom. The van der Waals surface area contributed by atoms with Crippen LogP contribution >= 0.6 is 7.82 Å². The van der Waals surface area contributed by atoms with Crippen molar-refractivity contribution in [1.29, 1.82) is 0 Å². The van der Waals surface area contributed by atoms with Crippen LogP contribution in [0, 0.1) is 0 Å². The zero-order valence-corrected chi connectivity index (χ0v) is 9.86. The van der Waals surface area contributed by atoms with Crippen LogP contribution in [-0.4, -0.2) is 28.6 Å². The van der Waals surface area contributed by atoms with E-state index in [0.717, 1.165) is 5.56 Å². The number of phosphoric acid groups is 1. The Hall–Kier alpha value is -0.233. The first-order valence-electron chi connectivity index (χ1n) is 4.54. The summed E-state index contributed by atoms with van der Waals surface area (Å²) in [5.41, 5.74) is 1.10. The first-order valence-corrected chi connectivity index (χ1v) is 6.07. The fourth-order valence-corrected chi connectivity index (χ4v) is 1.55. The zero-order chi connectivity index (χ0) is 11.7. The molecule has 0 radical (unpaired) electrons. The van der Waals surface area contributed by atoms with E-state index in [9.17, 15) is 4.57 Å². The van der Waals surface area contributed by atoms with E-state index in [0.29, 0.717) is 0 Å². The fourth-order valence-electron chi connectivity index (χ4n) is 1.15.